The van der Waals surface area contributed by atoms with Gasteiger partial charge in [-0.15, -0.1) is 11.3 Å². The Bertz CT molecular complexity index is 780. The second-order valence-corrected chi connectivity index (χ2v) is 6.29. The molecular formula is C14H7Cl2F3N2S. The van der Waals surface area contributed by atoms with Gasteiger partial charge in [-0.2, -0.15) is 13.2 Å². The molecule has 2 aromatic rings. The maximum Gasteiger partial charge on any atom is 0.429 e. The van der Waals surface area contributed by atoms with Gasteiger partial charge in [0.25, 0.3) is 0 Å². The van der Waals surface area contributed by atoms with Crippen LogP contribution in [0.25, 0.3) is 0 Å². The molecule has 0 spiro atoms. The highest BCUT2D eigenvalue weighted by Crippen LogP contribution is 2.40. The molecule has 0 saturated heterocycles. The minimum absolute atomic E-state index is 0.0632. The zero-order valence-corrected chi connectivity index (χ0v) is 13.1. The van der Waals surface area contributed by atoms with Gasteiger partial charge in [-0.3, -0.25) is 0 Å². The van der Waals surface area contributed by atoms with Crippen molar-refractivity contribution in [2.45, 2.75) is 12.6 Å². The van der Waals surface area contributed by atoms with E-state index in [9.17, 15) is 13.2 Å². The first-order valence-corrected chi connectivity index (χ1v) is 7.73. The van der Waals surface area contributed by atoms with Crippen molar-refractivity contribution in [2.24, 2.45) is 9.98 Å². The van der Waals surface area contributed by atoms with Crippen molar-refractivity contribution >= 4 is 57.3 Å². The van der Waals surface area contributed by atoms with Crippen LogP contribution >= 0.6 is 34.5 Å². The third-order valence-electron chi connectivity index (χ3n) is 3.00. The number of fused-ring (bicyclic) bond motifs is 1. The number of thiophene rings is 1. The SMILES string of the molecule is FC(F)(F)C1=Nc2cc(Cl)c(Cl)cc2N=C(c2cccs2)C1. The lowest BCUT2D eigenvalue weighted by molar-refractivity contribution is -0.0596. The van der Waals surface area contributed by atoms with E-state index < -0.39 is 18.3 Å². The fourth-order valence-electron chi connectivity index (χ4n) is 1.98. The van der Waals surface area contributed by atoms with E-state index in [-0.39, 0.29) is 21.4 Å². The topological polar surface area (TPSA) is 24.7 Å². The van der Waals surface area contributed by atoms with Crippen LogP contribution < -0.4 is 0 Å². The molecule has 0 atom stereocenters. The predicted molar refractivity (Wildman–Crippen MR) is 84.7 cm³/mol. The lowest BCUT2D eigenvalue weighted by atomic mass is 10.1. The highest BCUT2D eigenvalue weighted by atomic mass is 35.5. The molecule has 2 nitrogen and oxygen atoms in total. The lowest BCUT2D eigenvalue weighted by Gasteiger charge is -2.09. The second kappa shape index (κ2) is 5.68. The van der Waals surface area contributed by atoms with E-state index in [0.717, 1.165) is 0 Å². The summed E-state index contributed by atoms with van der Waals surface area (Å²) in [4.78, 5) is 8.69. The van der Waals surface area contributed by atoms with Gasteiger partial charge in [-0.05, 0) is 23.6 Å². The van der Waals surface area contributed by atoms with E-state index in [1.807, 2.05) is 0 Å². The van der Waals surface area contributed by atoms with Crippen LogP contribution in [0, 0.1) is 0 Å². The summed E-state index contributed by atoms with van der Waals surface area (Å²) in [5.74, 6) is 0. The molecule has 3 rings (SSSR count). The summed E-state index contributed by atoms with van der Waals surface area (Å²) >= 11 is 13.1. The molecule has 1 aromatic heterocycles. The standard InChI is InChI=1S/C14H7Cl2F3N2S/c15-7-4-9-10(5-8(7)16)21-13(14(17,18)19)6-11(20-9)12-2-1-3-22-12/h1-5H,6H2. The summed E-state index contributed by atoms with van der Waals surface area (Å²) in [5, 5.41) is 2.14. The molecule has 0 amide bonds. The normalized spacial score (nSPS) is 15.0. The van der Waals surface area contributed by atoms with E-state index >= 15 is 0 Å². The van der Waals surface area contributed by atoms with Crippen molar-refractivity contribution in [3.8, 4) is 0 Å². The number of alkyl halides is 3. The number of nitrogens with zero attached hydrogens (tertiary/aromatic N) is 2. The number of hydrogen-bond acceptors (Lipinski definition) is 3. The summed E-state index contributed by atoms with van der Waals surface area (Å²) in [6.07, 6.45) is -4.93. The van der Waals surface area contributed by atoms with Crippen molar-refractivity contribution in [3.63, 3.8) is 0 Å². The fraction of sp³-hybridized carbons (Fsp3) is 0.143. The number of benzene rings is 1. The first-order chi connectivity index (χ1) is 10.3. The van der Waals surface area contributed by atoms with Crippen LogP contribution in [0.5, 0.6) is 0 Å². The molecular weight excluding hydrogens is 356 g/mol. The number of rotatable bonds is 1. The Hall–Kier alpha value is -1.37. The minimum Gasteiger partial charge on any atom is -0.249 e. The van der Waals surface area contributed by atoms with Gasteiger partial charge in [-0.1, -0.05) is 29.3 Å². The predicted octanol–water partition coefficient (Wildman–Crippen LogP) is 6.21. The average Bonchev–Trinajstić information content (AvgIpc) is 2.88. The van der Waals surface area contributed by atoms with Gasteiger partial charge in [-0.25, -0.2) is 9.98 Å². The van der Waals surface area contributed by atoms with Gasteiger partial charge in [0.15, 0.2) is 0 Å². The highest BCUT2D eigenvalue weighted by Gasteiger charge is 2.37. The molecule has 8 heteroatoms. The zero-order chi connectivity index (χ0) is 15.9. The molecule has 0 radical (unpaired) electrons. The zero-order valence-electron chi connectivity index (χ0n) is 10.8. The van der Waals surface area contributed by atoms with Crippen molar-refractivity contribution in [2.75, 3.05) is 0 Å². The van der Waals surface area contributed by atoms with Crippen LogP contribution in [0.3, 0.4) is 0 Å². The first kappa shape index (κ1) is 15.5. The summed E-state index contributed by atoms with van der Waals surface area (Å²) in [6.45, 7) is 0. The molecule has 0 bridgehead atoms. The average molecular weight is 363 g/mol. The third kappa shape index (κ3) is 3.04. The van der Waals surface area contributed by atoms with Crippen LogP contribution in [0.2, 0.25) is 10.0 Å². The molecule has 114 valence electrons. The van der Waals surface area contributed by atoms with E-state index in [1.54, 1.807) is 17.5 Å². The number of aliphatic imine (C=N–C) groups is 2. The fourth-order valence-corrected chi connectivity index (χ4v) is 3.01. The van der Waals surface area contributed by atoms with Crippen molar-refractivity contribution < 1.29 is 13.2 Å². The van der Waals surface area contributed by atoms with E-state index in [2.05, 4.69) is 9.98 Å². The third-order valence-corrected chi connectivity index (χ3v) is 4.64. The molecule has 1 aliphatic heterocycles. The monoisotopic (exact) mass is 362 g/mol. The molecule has 1 aromatic carbocycles. The van der Waals surface area contributed by atoms with E-state index in [1.165, 1.54) is 23.5 Å². The van der Waals surface area contributed by atoms with Gasteiger partial charge in [0.1, 0.15) is 5.71 Å². The molecule has 0 fully saturated rings. The molecule has 2 heterocycles. The Morgan fingerprint density at radius 2 is 1.68 bits per heavy atom. The minimum atomic E-state index is -4.54. The number of halogens is 5. The maximum atomic E-state index is 13.2. The van der Waals surface area contributed by atoms with Crippen LogP contribution in [0.15, 0.2) is 39.6 Å². The summed E-state index contributed by atoms with van der Waals surface area (Å²) in [7, 11) is 0. The van der Waals surface area contributed by atoms with Crippen LogP contribution in [-0.4, -0.2) is 17.6 Å². The van der Waals surface area contributed by atoms with Crippen LogP contribution in [0.4, 0.5) is 24.5 Å². The molecule has 0 unspecified atom stereocenters. The maximum absolute atomic E-state index is 13.2. The number of hydrogen-bond donors (Lipinski definition) is 0. The molecule has 1 aliphatic rings. The van der Waals surface area contributed by atoms with Crippen LogP contribution in [0.1, 0.15) is 11.3 Å². The molecule has 0 N–H and O–H groups in total. The first-order valence-electron chi connectivity index (χ1n) is 6.10. The second-order valence-electron chi connectivity index (χ2n) is 4.52. The molecule has 0 saturated carbocycles. The lowest BCUT2D eigenvalue weighted by Crippen LogP contribution is -2.25. The van der Waals surface area contributed by atoms with Crippen LogP contribution in [-0.2, 0) is 0 Å². The van der Waals surface area contributed by atoms with Crippen molar-refractivity contribution in [3.05, 3.63) is 44.6 Å². The van der Waals surface area contributed by atoms with Gasteiger partial charge < -0.3 is 0 Å². The van der Waals surface area contributed by atoms with Crippen molar-refractivity contribution in [1.82, 2.24) is 0 Å². The highest BCUT2D eigenvalue weighted by molar-refractivity contribution is 7.12. The van der Waals surface area contributed by atoms with E-state index in [4.69, 9.17) is 23.2 Å². The Kier molecular flexibility index (Phi) is 4.01. The quantitative estimate of drug-likeness (QED) is 0.575. The summed E-state index contributed by atoms with van der Waals surface area (Å²) in [6, 6.07) is 6.20. The largest absolute Gasteiger partial charge is 0.429 e. The van der Waals surface area contributed by atoms with E-state index in [0.29, 0.717) is 10.6 Å². The van der Waals surface area contributed by atoms with Gasteiger partial charge in [0.2, 0.25) is 0 Å². The molecule has 0 aliphatic carbocycles. The Morgan fingerprint density at radius 1 is 1.05 bits per heavy atom. The van der Waals surface area contributed by atoms with Gasteiger partial charge in [0, 0.05) is 11.3 Å². The van der Waals surface area contributed by atoms with Gasteiger partial charge in [0.05, 0.1) is 27.1 Å². The summed E-state index contributed by atoms with van der Waals surface area (Å²) < 4.78 is 39.5. The summed E-state index contributed by atoms with van der Waals surface area (Å²) in [5.41, 5.74) is -0.259. The smallest absolute Gasteiger partial charge is 0.249 e. The Morgan fingerprint density at radius 3 is 2.23 bits per heavy atom. The Balaban J connectivity index is 2.22. The molecule has 22 heavy (non-hydrogen) atoms. The van der Waals surface area contributed by atoms with Gasteiger partial charge >= 0.3 is 6.18 Å². The Labute approximate surface area is 137 Å². The van der Waals surface area contributed by atoms with Crippen molar-refractivity contribution in [1.29, 1.82) is 0 Å².